The van der Waals surface area contributed by atoms with E-state index >= 15 is 0 Å². The summed E-state index contributed by atoms with van der Waals surface area (Å²) in [5, 5.41) is 18.7. The SMILES string of the molecule is CC(C)(C)OC(=O)N(c1ccccn1)c1nc(C#N)c(C#N)nc1O[Si](C)(C)C. The zero-order valence-electron chi connectivity index (χ0n) is 17.2. The third kappa shape index (κ3) is 5.73. The lowest BCUT2D eigenvalue weighted by Crippen LogP contribution is -2.37. The maximum absolute atomic E-state index is 13.0. The fourth-order valence-corrected chi connectivity index (χ4v) is 2.87. The standard InChI is InChI=1S/C19H22N6O3Si/c1-19(2,3)27-18(26)25(15-9-7-8-10-22-15)16-17(28-29(4,5)6)24-14(12-21)13(11-20)23-16/h7-10H,1-6H3. The average Bonchev–Trinajstić information content (AvgIpc) is 2.60. The number of pyridine rings is 1. The Hall–Kier alpha value is -3.50. The van der Waals surface area contributed by atoms with Crippen LogP contribution in [-0.4, -0.2) is 35.0 Å². The molecule has 0 N–H and O–H groups in total. The summed E-state index contributed by atoms with van der Waals surface area (Å²) < 4.78 is 11.5. The predicted molar refractivity (Wildman–Crippen MR) is 108 cm³/mol. The van der Waals surface area contributed by atoms with Crippen LogP contribution in [0.25, 0.3) is 0 Å². The lowest BCUT2D eigenvalue weighted by atomic mass is 10.2. The zero-order chi connectivity index (χ0) is 21.8. The van der Waals surface area contributed by atoms with Crippen LogP contribution < -0.4 is 9.33 Å². The molecule has 0 unspecified atom stereocenters. The van der Waals surface area contributed by atoms with Crippen molar-refractivity contribution in [2.45, 2.75) is 46.0 Å². The van der Waals surface area contributed by atoms with Gasteiger partial charge in [-0.25, -0.2) is 19.7 Å². The van der Waals surface area contributed by atoms with E-state index in [1.807, 2.05) is 31.8 Å². The van der Waals surface area contributed by atoms with E-state index in [4.69, 9.17) is 9.16 Å². The summed E-state index contributed by atoms with van der Waals surface area (Å²) in [6.45, 7) is 10.9. The summed E-state index contributed by atoms with van der Waals surface area (Å²) in [7, 11) is -2.22. The summed E-state index contributed by atoms with van der Waals surface area (Å²) in [6, 6.07) is 8.65. The molecule has 0 aliphatic heterocycles. The molecule has 2 aromatic heterocycles. The third-order valence-electron chi connectivity index (χ3n) is 3.13. The Morgan fingerprint density at radius 1 is 1.10 bits per heavy atom. The predicted octanol–water partition coefficient (Wildman–Crippen LogP) is 3.90. The quantitative estimate of drug-likeness (QED) is 0.695. The van der Waals surface area contributed by atoms with Crippen LogP contribution in [0.15, 0.2) is 24.4 Å². The van der Waals surface area contributed by atoms with Crippen molar-refractivity contribution >= 4 is 26.0 Å². The van der Waals surface area contributed by atoms with Gasteiger partial charge in [-0.15, -0.1) is 0 Å². The second kappa shape index (κ2) is 8.25. The molecular formula is C19H22N6O3Si. The first kappa shape index (κ1) is 21.8. The second-order valence-electron chi connectivity index (χ2n) is 7.99. The Balaban J connectivity index is 2.76. The number of hydrogen-bond acceptors (Lipinski definition) is 8. The van der Waals surface area contributed by atoms with Gasteiger partial charge >= 0.3 is 6.09 Å². The fourth-order valence-electron chi connectivity index (χ4n) is 2.15. The normalized spacial score (nSPS) is 11.2. The summed E-state index contributed by atoms with van der Waals surface area (Å²) in [5.41, 5.74) is -1.20. The number of rotatable bonds is 4. The van der Waals surface area contributed by atoms with Crippen molar-refractivity contribution in [1.82, 2.24) is 15.0 Å². The molecule has 0 aromatic carbocycles. The van der Waals surface area contributed by atoms with Crippen LogP contribution in [0.1, 0.15) is 32.2 Å². The molecule has 2 aromatic rings. The number of amides is 1. The summed E-state index contributed by atoms with van der Waals surface area (Å²) in [4.78, 5) is 26.7. The van der Waals surface area contributed by atoms with Gasteiger partial charge in [0.05, 0.1) is 0 Å². The number of carbonyl (C=O) groups is 1. The van der Waals surface area contributed by atoms with Crippen LogP contribution in [0.4, 0.5) is 16.4 Å². The van der Waals surface area contributed by atoms with Crippen LogP contribution >= 0.6 is 0 Å². The van der Waals surface area contributed by atoms with Crippen molar-refractivity contribution in [2.24, 2.45) is 0 Å². The first-order valence-corrected chi connectivity index (χ1v) is 12.2. The first-order valence-electron chi connectivity index (χ1n) is 8.80. The van der Waals surface area contributed by atoms with Crippen molar-refractivity contribution in [3.63, 3.8) is 0 Å². The number of hydrogen-bond donors (Lipinski definition) is 0. The first-order chi connectivity index (χ1) is 13.4. The van der Waals surface area contributed by atoms with Crippen LogP contribution in [-0.2, 0) is 4.74 Å². The molecule has 0 saturated carbocycles. The Labute approximate surface area is 170 Å². The Kier molecular flexibility index (Phi) is 6.20. The highest BCUT2D eigenvalue weighted by molar-refractivity contribution is 6.70. The molecule has 0 atom stereocenters. The van der Waals surface area contributed by atoms with E-state index < -0.39 is 20.0 Å². The second-order valence-corrected chi connectivity index (χ2v) is 12.4. The summed E-state index contributed by atoms with van der Waals surface area (Å²) in [5.74, 6) is 0.122. The molecule has 0 spiro atoms. The molecule has 0 saturated heterocycles. The smallest absolute Gasteiger partial charge is 0.422 e. The number of carbonyl (C=O) groups excluding carboxylic acids is 1. The van der Waals surface area contributed by atoms with Gasteiger partial charge in [0.2, 0.25) is 20.0 Å². The zero-order valence-corrected chi connectivity index (χ0v) is 18.2. The molecule has 9 nitrogen and oxygen atoms in total. The lowest BCUT2D eigenvalue weighted by Gasteiger charge is -2.28. The number of ether oxygens (including phenoxy) is 1. The monoisotopic (exact) mass is 410 g/mol. The van der Waals surface area contributed by atoms with E-state index in [-0.39, 0.29) is 28.9 Å². The number of anilines is 2. The lowest BCUT2D eigenvalue weighted by molar-refractivity contribution is 0.0596. The van der Waals surface area contributed by atoms with Crippen molar-refractivity contribution < 1.29 is 14.0 Å². The van der Waals surface area contributed by atoms with E-state index in [9.17, 15) is 15.3 Å². The van der Waals surface area contributed by atoms with Crippen LogP contribution in [0.3, 0.4) is 0 Å². The van der Waals surface area contributed by atoms with Gasteiger partial charge in [-0.1, -0.05) is 6.07 Å². The highest BCUT2D eigenvalue weighted by Crippen LogP contribution is 2.33. The molecule has 0 aliphatic rings. The molecule has 0 bridgehead atoms. The van der Waals surface area contributed by atoms with Crippen LogP contribution in [0.5, 0.6) is 5.88 Å². The van der Waals surface area contributed by atoms with E-state index in [1.165, 1.54) is 6.20 Å². The maximum atomic E-state index is 13.0. The van der Waals surface area contributed by atoms with Gasteiger partial charge in [-0.2, -0.15) is 15.5 Å². The van der Waals surface area contributed by atoms with Crippen LogP contribution in [0.2, 0.25) is 19.6 Å². The number of nitrogens with zero attached hydrogens (tertiary/aromatic N) is 6. The highest BCUT2D eigenvalue weighted by Gasteiger charge is 2.33. The molecule has 29 heavy (non-hydrogen) atoms. The van der Waals surface area contributed by atoms with Gasteiger partial charge in [0, 0.05) is 6.20 Å². The van der Waals surface area contributed by atoms with Gasteiger partial charge in [-0.3, -0.25) is 0 Å². The van der Waals surface area contributed by atoms with E-state index in [2.05, 4.69) is 15.0 Å². The largest absolute Gasteiger partial charge is 0.529 e. The van der Waals surface area contributed by atoms with Crippen molar-refractivity contribution in [2.75, 3.05) is 4.90 Å². The van der Waals surface area contributed by atoms with Crippen molar-refractivity contribution in [3.05, 3.63) is 35.8 Å². The average molecular weight is 411 g/mol. The van der Waals surface area contributed by atoms with Crippen molar-refractivity contribution in [3.8, 4) is 18.0 Å². The van der Waals surface area contributed by atoms with Gasteiger partial charge in [-0.05, 0) is 52.5 Å². The number of aromatic nitrogens is 3. The third-order valence-corrected chi connectivity index (χ3v) is 3.93. The molecule has 0 fully saturated rings. The van der Waals surface area contributed by atoms with Gasteiger partial charge < -0.3 is 9.16 Å². The maximum Gasteiger partial charge on any atom is 0.422 e. The highest BCUT2D eigenvalue weighted by atomic mass is 28.4. The minimum atomic E-state index is -2.22. The molecule has 0 aliphatic carbocycles. The molecule has 2 rings (SSSR count). The van der Waals surface area contributed by atoms with Gasteiger partial charge in [0.15, 0.2) is 11.4 Å². The Morgan fingerprint density at radius 2 is 1.72 bits per heavy atom. The van der Waals surface area contributed by atoms with Gasteiger partial charge in [0.1, 0.15) is 23.6 Å². The topological polar surface area (TPSA) is 125 Å². The van der Waals surface area contributed by atoms with E-state index in [1.54, 1.807) is 39.0 Å². The van der Waals surface area contributed by atoms with Gasteiger partial charge in [0.25, 0.3) is 0 Å². The van der Waals surface area contributed by atoms with E-state index in [0.717, 1.165) is 4.90 Å². The van der Waals surface area contributed by atoms with Crippen LogP contribution in [0, 0.1) is 22.7 Å². The molecule has 1 amide bonds. The Bertz CT molecular complexity index is 984. The molecule has 0 radical (unpaired) electrons. The van der Waals surface area contributed by atoms with Crippen molar-refractivity contribution in [1.29, 1.82) is 10.5 Å². The minimum Gasteiger partial charge on any atom is -0.529 e. The summed E-state index contributed by atoms with van der Waals surface area (Å²) >= 11 is 0. The molecule has 150 valence electrons. The molecule has 10 heteroatoms. The minimum absolute atomic E-state index is 0.0313. The molecular weight excluding hydrogens is 388 g/mol. The summed E-state index contributed by atoms with van der Waals surface area (Å²) in [6.07, 6.45) is 0.744. The van der Waals surface area contributed by atoms with E-state index in [0.29, 0.717) is 0 Å². The molecule has 2 heterocycles. The number of nitriles is 2. The fraction of sp³-hybridized carbons (Fsp3) is 0.368. The Morgan fingerprint density at radius 3 is 2.21 bits per heavy atom.